The molecular weight excluding hydrogens is 344 g/mol. The van der Waals surface area contributed by atoms with Gasteiger partial charge in [0, 0.05) is 12.0 Å². The van der Waals surface area contributed by atoms with E-state index in [4.69, 9.17) is 18.9 Å². The van der Waals surface area contributed by atoms with Gasteiger partial charge in [-0.05, 0) is 42.8 Å². The molecule has 0 spiro atoms. The Labute approximate surface area is 158 Å². The molecule has 0 radical (unpaired) electrons. The Balaban J connectivity index is 1.73. The topological polar surface area (TPSA) is 54.7 Å². The van der Waals surface area contributed by atoms with Crippen LogP contribution in [0.3, 0.4) is 0 Å². The highest BCUT2D eigenvalue weighted by molar-refractivity contribution is 5.67. The Kier molecular flexibility index (Phi) is 4.98. The minimum absolute atomic E-state index is 0.228. The van der Waals surface area contributed by atoms with Gasteiger partial charge in [0.25, 0.3) is 0 Å². The van der Waals surface area contributed by atoms with E-state index in [0.717, 1.165) is 42.1 Å². The van der Waals surface area contributed by atoms with Gasteiger partial charge in [0.05, 0.1) is 32.7 Å². The summed E-state index contributed by atoms with van der Waals surface area (Å²) in [6.07, 6.45) is 3.43. The molecule has 0 saturated carbocycles. The normalized spacial score (nSPS) is 16.3. The van der Waals surface area contributed by atoms with Crippen LogP contribution < -0.4 is 14.2 Å². The zero-order chi connectivity index (χ0) is 18.6. The average molecular weight is 366 g/mol. The lowest BCUT2D eigenvalue weighted by molar-refractivity contribution is -0.0402. The van der Waals surface area contributed by atoms with Crippen molar-refractivity contribution in [1.29, 1.82) is 0 Å². The molecule has 0 amide bonds. The van der Waals surface area contributed by atoms with Gasteiger partial charge in [-0.25, -0.2) is 4.68 Å². The number of ether oxygens (including phenoxy) is 4. The molecule has 140 valence electrons. The fourth-order valence-electron chi connectivity index (χ4n) is 3.23. The van der Waals surface area contributed by atoms with E-state index in [1.54, 1.807) is 20.4 Å². The molecule has 1 unspecified atom stereocenters. The summed E-state index contributed by atoms with van der Waals surface area (Å²) in [6, 6.07) is 15.6. The summed E-state index contributed by atoms with van der Waals surface area (Å²) in [5, 5.41) is 4.49. The van der Waals surface area contributed by atoms with Crippen LogP contribution in [0.25, 0.3) is 16.9 Å². The third-order valence-electron chi connectivity index (χ3n) is 4.56. The molecule has 0 bridgehead atoms. The van der Waals surface area contributed by atoms with Crippen molar-refractivity contribution >= 4 is 0 Å². The third-order valence-corrected chi connectivity index (χ3v) is 4.56. The molecule has 0 N–H and O–H groups in total. The zero-order valence-corrected chi connectivity index (χ0v) is 15.4. The standard InChI is InChI=1S/C21H22N2O4/c1-24-18-7-4-3-6-17(18)23-16(11-12-22-23)15-9-10-19(25-2)20(14-15)27-21-8-5-13-26-21/h3-4,6-7,9-12,14,21H,5,8,13H2,1-2H3. The fourth-order valence-corrected chi connectivity index (χ4v) is 3.23. The maximum atomic E-state index is 6.02. The summed E-state index contributed by atoms with van der Waals surface area (Å²) in [4.78, 5) is 0. The molecule has 6 nitrogen and oxygen atoms in total. The van der Waals surface area contributed by atoms with E-state index in [-0.39, 0.29) is 6.29 Å². The van der Waals surface area contributed by atoms with Crippen LogP contribution in [0.1, 0.15) is 12.8 Å². The summed E-state index contributed by atoms with van der Waals surface area (Å²) < 4.78 is 24.4. The van der Waals surface area contributed by atoms with E-state index < -0.39 is 0 Å². The molecule has 1 aliphatic heterocycles. The maximum Gasteiger partial charge on any atom is 0.200 e. The first-order valence-corrected chi connectivity index (χ1v) is 8.94. The maximum absolute atomic E-state index is 6.02. The molecule has 6 heteroatoms. The highest BCUT2D eigenvalue weighted by atomic mass is 16.7. The Morgan fingerprint density at radius 3 is 2.63 bits per heavy atom. The molecule has 1 atom stereocenters. The molecule has 1 aromatic heterocycles. The predicted molar refractivity (Wildman–Crippen MR) is 102 cm³/mol. The predicted octanol–water partition coefficient (Wildman–Crippen LogP) is 4.07. The molecule has 3 aromatic rings. The zero-order valence-electron chi connectivity index (χ0n) is 15.4. The second kappa shape index (κ2) is 7.72. The van der Waals surface area contributed by atoms with Crippen LogP contribution in [-0.4, -0.2) is 36.9 Å². The van der Waals surface area contributed by atoms with Crippen LogP contribution in [0.2, 0.25) is 0 Å². The summed E-state index contributed by atoms with van der Waals surface area (Å²) in [5.74, 6) is 2.10. The molecule has 27 heavy (non-hydrogen) atoms. The van der Waals surface area contributed by atoms with Gasteiger partial charge >= 0.3 is 0 Å². The van der Waals surface area contributed by atoms with Crippen LogP contribution in [0.5, 0.6) is 17.2 Å². The minimum atomic E-state index is -0.228. The summed E-state index contributed by atoms with van der Waals surface area (Å²) in [6.45, 7) is 0.729. The van der Waals surface area contributed by atoms with E-state index in [0.29, 0.717) is 11.5 Å². The molecule has 2 heterocycles. The van der Waals surface area contributed by atoms with Gasteiger partial charge in [-0.1, -0.05) is 12.1 Å². The molecule has 1 saturated heterocycles. The lowest BCUT2D eigenvalue weighted by Crippen LogP contribution is -2.14. The number of para-hydroxylation sites is 2. The summed E-state index contributed by atoms with van der Waals surface area (Å²) >= 11 is 0. The number of methoxy groups -OCH3 is 2. The lowest BCUT2D eigenvalue weighted by Gasteiger charge is -2.17. The molecular formula is C21H22N2O4. The molecule has 2 aromatic carbocycles. The van der Waals surface area contributed by atoms with Crippen molar-refractivity contribution in [1.82, 2.24) is 9.78 Å². The van der Waals surface area contributed by atoms with Crippen LogP contribution in [0.15, 0.2) is 54.7 Å². The first-order chi connectivity index (χ1) is 13.3. The molecule has 0 aliphatic carbocycles. The Bertz CT molecular complexity index is 916. The average Bonchev–Trinajstić information content (AvgIpc) is 3.40. The van der Waals surface area contributed by atoms with Crippen molar-refractivity contribution < 1.29 is 18.9 Å². The number of benzene rings is 2. The van der Waals surface area contributed by atoms with Gasteiger partial charge in [0.15, 0.2) is 17.8 Å². The van der Waals surface area contributed by atoms with Crippen LogP contribution in [0, 0.1) is 0 Å². The van der Waals surface area contributed by atoms with Crippen LogP contribution >= 0.6 is 0 Å². The van der Waals surface area contributed by atoms with Crippen molar-refractivity contribution in [2.24, 2.45) is 0 Å². The van der Waals surface area contributed by atoms with E-state index in [1.807, 2.05) is 53.2 Å². The van der Waals surface area contributed by atoms with Gasteiger partial charge in [0.1, 0.15) is 11.4 Å². The largest absolute Gasteiger partial charge is 0.494 e. The lowest BCUT2D eigenvalue weighted by atomic mass is 10.1. The number of hydrogen-bond acceptors (Lipinski definition) is 5. The van der Waals surface area contributed by atoms with Crippen molar-refractivity contribution in [3.63, 3.8) is 0 Å². The third kappa shape index (κ3) is 3.48. The first kappa shape index (κ1) is 17.4. The van der Waals surface area contributed by atoms with Crippen molar-refractivity contribution in [2.45, 2.75) is 19.1 Å². The number of rotatable bonds is 6. The molecule has 1 aliphatic rings. The highest BCUT2D eigenvalue weighted by Crippen LogP contribution is 2.35. The quantitative estimate of drug-likeness (QED) is 0.658. The number of aromatic nitrogens is 2. The van der Waals surface area contributed by atoms with E-state index in [1.165, 1.54) is 0 Å². The van der Waals surface area contributed by atoms with Crippen LogP contribution in [0.4, 0.5) is 0 Å². The van der Waals surface area contributed by atoms with Crippen molar-refractivity contribution in [3.8, 4) is 34.2 Å². The second-order valence-corrected chi connectivity index (χ2v) is 6.23. The monoisotopic (exact) mass is 366 g/mol. The van der Waals surface area contributed by atoms with Crippen molar-refractivity contribution in [3.05, 3.63) is 54.7 Å². The van der Waals surface area contributed by atoms with Gasteiger partial charge in [-0.15, -0.1) is 0 Å². The minimum Gasteiger partial charge on any atom is -0.494 e. The van der Waals surface area contributed by atoms with E-state index >= 15 is 0 Å². The smallest absolute Gasteiger partial charge is 0.200 e. The Morgan fingerprint density at radius 2 is 1.85 bits per heavy atom. The molecule has 4 rings (SSSR count). The first-order valence-electron chi connectivity index (χ1n) is 8.94. The van der Waals surface area contributed by atoms with Crippen molar-refractivity contribution in [2.75, 3.05) is 20.8 Å². The second-order valence-electron chi connectivity index (χ2n) is 6.23. The van der Waals surface area contributed by atoms with E-state index in [9.17, 15) is 0 Å². The highest BCUT2D eigenvalue weighted by Gasteiger charge is 2.20. The molecule has 1 fully saturated rings. The van der Waals surface area contributed by atoms with Gasteiger partial charge in [0.2, 0.25) is 0 Å². The fraction of sp³-hybridized carbons (Fsp3) is 0.286. The number of hydrogen-bond donors (Lipinski definition) is 0. The Morgan fingerprint density at radius 1 is 1.00 bits per heavy atom. The van der Waals surface area contributed by atoms with Gasteiger partial charge in [-0.3, -0.25) is 0 Å². The van der Waals surface area contributed by atoms with E-state index in [2.05, 4.69) is 5.10 Å². The Hall–Kier alpha value is -2.99. The van der Waals surface area contributed by atoms with Gasteiger partial charge < -0.3 is 18.9 Å². The summed E-state index contributed by atoms with van der Waals surface area (Å²) in [5.41, 5.74) is 2.77. The SMILES string of the molecule is COc1ccc(-c2ccnn2-c2ccccc2OC)cc1OC1CCCO1. The van der Waals surface area contributed by atoms with Gasteiger partial charge in [-0.2, -0.15) is 5.10 Å². The summed E-state index contributed by atoms with van der Waals surface area (Å²) in [7, 11) is 3.29. The number of nitrogens with zero attached hydrogens (tertiary/aromatic N) is 2. The van der Waals surface area contributed by atoms with Crippen LogP contribution in [-0.2, 0) is 4.74 Å².